The molecule has 1 heterocycles. The van der Waals surface area contributed by atoms with Crippen molar-refractivity contribution >= 4 is 5.78 Å². The van der Waals surface area contributed by atoms with Crippen molar-refractivity contribution in [2.24, 2.45) is 0 Å². The molecule has 2 aromatic carbocycles. The number of carbonyl (C=O) groups is 1. The third-order valence-electron chi connectivity index (χ3n) is 4.10. The SMILES string of the molecule is COc1ccc(O)c(C2Oc3ccccc3C(=O)/C2=C\NC(C)(C)C)c1. The molecule has 5 heteroatoms. The van der Waals surface area contributed by atoms with Gasteiger partial charge in [-0.25, -0.2) is 0 Å². The Balaban J connectivity index is 2.13. The lowest BCUT2D eigenvalue weighted by Crippen LogP contribution is -2.34. The smallest absolute Gasteiger partial charge is 0.198 e. The second kappa shape index (κ2) is 6.75. The highest BCUT2D eigenvalue weighted by atomic mass is 16.5. The minimum atomic E-state index is -0.734. The molecule has 0 spiro atoms. The molecule has 1 aliphatic heterocycles. The Labute approximate surface area is 153 Å². The quantitative estimate of drug-likeness (QED) is 0.817. The molecule has 136 valence electrons. The van der Waals surface area contributed by atoms with E-state index in [0.29, 0.717) is 28.2 Å². The van der Waals surface area contributed by atoms with Crippen LogP contribution in [-0.2, 0) is 0 Å². The summed E-state index contributed by atoms with van der Waals surface area (Å²) in [5, 5.41) is 13.6. The highest BCUT2D eigenvalue weighted by molar-refractivity contribution is 6.12. The summed E-state index contributed by atoms with van der Waals surface area (Å²) in [5.41, 5.74) is 1.20. The van der Waals surface area contributed by atoms with E-state index in [2.05, 4.69) is 5.32 Å². The van der Waals surface area contributed by atoms with Crippen molar-refractivity contribution < 1.29 is 19.4 Å². The van der Waals surface area contributed by atoms with Crippen LogP contribution < -0.4 is 14.8 Å². The summed E-state index contributed by atoms with van der Waals surface area (Å²) in [7, 11) is 1.55. The van der Waals surface area contributed by atoms with Crippen molar-refractivity contribution in [3.8, 4) is 17.2 Å². The number of methoxy groups -OCH3 is 1. The van der Waals surface area contributed by atoms with Gasteiger partial charge in [-0.15, -0.1) is 0 Å². The zero-order valence-corrected chi connectivity index (χ0v) is 15.4. The number of rotatable bonds is 3. The number of hydrogen-bond donors (Lipinski definition) is 2. The molecule has 0 saturated heterocycles. The van der Waals surface area contributed by atoms with Crippen LogP contribution in [0.4, 0.5) is 0 Å². The predicted molar refractivity (Wildman–Crippen MR) is 99.8 cm³/mol. The van der Waals surface area contributed by atoms with Crippen LogP contribution in [0, 0.1) is 0 Å². The first-order valence-electron chi connectivity index (χ1n) is 8.45. The molecular weight excluding hydrogens is 330 g/mol. The van der Waals surface area contributed by atoms with Crippen LogP contribution in [0.15, 0.2) is 54.2 Å². The number of fused-ring (bicyclic) bond motifs is 1. The molecular formula is C21H23NO4. The normalized spacial score (nSPS) is 18.2. The highest BCUT2D eigenvalue weighted by Gasteiger charge is 2.34. The lowest BCUT2D eigenvalue weighted by molar-refractivity contribution is 0.0958. The van der Waals surface area contributed by atoms with Crippen molar-refractivity contribution in [3.63, 3.8) is 0 Å². The largest absolute Gasteiger partial charge is 0.508 e. The minimum absolute atomic E-state index is 0.0460. The van der Waals surface area contributed by atoms with Crippen LogP contribution in [0.2, 0.25) is 0 Å². The fourth-order valence-electron chi connectivity index (χ4n) is 2.76. The summed E-state index contributed by atoms with van der Waals surface area (Å²) in [6, 6.07) is 12.0. The van der Waals surface area contributed by atoms with E-state index in [4.69, 9.17) is 9.47 Å². The van der Waals surface area contributed by atoms with Gasteiger partial charge in [0.15, 0.2) is 11.9 Å². The summed E-state index contributed by atoms with van der Waals surface area (Å²) in [6.07, 6.45) is 0.948. The number of ketones is 1. The fourth-order valence-corrected chi connectivity index (χ4v) is 2.76. The molecule has 0 saturated carbocycles. The molecule has 1 atom stereocenters. The molecule has 1 aliphatic rings. The zero-order valence-electron chi connectivity index (χ0n) is 15.4. The number of Topliss-reactive ketones (excluding diaryl/α,β-unsaturated/α-hetero) is 1. The monoisotopic (exact) mass is 353 g/mol. The third-order valence-corrected chi connectivity index (χ3v) is 4.10. The van der Waals surface area contributed by atoms with Crippen molar-refractivity contribution in [3.05, 3.63) is 65.4 Å². The number of phenols is 1. The van der Waals surface area contributed by atoms with Gasteiger partial charge in [0, 0.05) is 17.3 Å². The van der Waals surface area contributed by atoms with Crippen LogP contribution >= 0.6 is 0 Å². The molecule has 0 aliphatic carbocycles. The van der Waals surface area contributed by atoms with E-state index in [1.54, 1.807) is 43.6 Å². The van der Waals surface area contributed by atoms with Gasteiger partial charge in [-0.2, -0.15) is 0 Å². The van der Waals surface area contributed by atoms with Crippen LogP contribution in [0.3, 0.4) is 0 Å². The number of aromatic hydroxyl groups is 1. The van der Waals surface area contributed by atoms with Crippen LogP contribution in [0.5, 0.6) is 17.2 Å². The summed E-state index contributed by atoms with van der Waals surface area (Å²) in [4.78, 5) is 13.1. The molecule has 0 fully saturated rings. The van der Waals surface area contributed by atoms with Crippen molar-refractivity contribution in [1.29, 1.82) is 0 Å². The first kappa shape index (κ1) is 17.9. The van der Waals surface area contributed by atoms with Crippen LogP contribution in [0.1, 0.15) is 42.8 Å². The second-order valence-electron chi connectivity index (χ2n) is 7.24. The van der Waals surface area contributed by atoms with Crippen molar-refractivity contribution in [1.82, 2.24) is 5.32 Å². The molecule has 2 aromatic rings. The molecule has 0 bridgehead atoms. The Hall–Kier alpha value is -2.95. The molecule has 26 heavy (non-hydrogen) atoms. The Bertz CT molecular complexity index is 865. The number of phenolic OH excluding ortho intramolecular Hbond substituents is 1. The standard InChI is InChI=1S/C21H23NO4/c1-21(2,3)22-12-16-19(24)14-7-5-6-8-18(14)26-20(16)15-11-13(25-4)9-10-17(15)23/h5-12,20,22-23H,1-4H3/b16-12+. The van der Waals surface area contributed by atoms with Crippen LogP contribution in [-0.4, -0.2) is 23.5 Å². The van der Waals surface area contributed by atoms with Gasteiger partial charge >= 0.3 is 0 Å². The van der Waals surface area contributed by atoms with Gasteiger partial charge in [0.25, 0.3) is 0 Å². The number of benzene rings is 2. The average Bonchev–Trinajstić information content (AvgIpc) is 2.60. The second-order valence-corrected chi connectivity index (χ2v) is 7.24. The summed E-state index contributed by atoms with van der Waals surface area (Å²) >= 11 is 0. The van der Waals surface area contributed by atoms with Gasteiger partial charge in [0.05, 0.1) is 18.2 Å². The molecule has 3 rings (SSSR count). The van der Waals surface area contributed by atoms with E-state index in [0.717, 1.165) is 0 Å². The molecule has 0 aromatic heterocycles. The fraction of sp³-hybridized carbons (Fsp3) is 0.286. The Morgan fingerprint density at radius 2 is 1.92 bits per heavy atom. The van der Waals surface area contributed by atoms with E-state index < -0.39 is 6.10 Å². The van der Waals surface area contributed by atoms with Crippen molar-refractivity contribution in [2.45, 2.75) is 32.4 Å². The van der Waals surface area contributed by atoms with Gasteiger partial charge in [-0.3, -0.25) is 4.79 Å². The van der Waals surface area contributed by atoms with E-state index in [1.165, 1.54) is 6.07 Å². The molecule has 0 radical (unpaired) electrons. The van der Waals surface area contributed by atoms with Gasteiger partial charge in [-0.1, -0.05) is 12.1 Å². The molecule has 5 nitrogen and oxygen atoms in total. The molecule has 0 amide bonds. The summed E-state index contributed by atoms with van der Waals surface area (Å²) in [5.74, 6) is 0.994. The first-order valence-corrected chi connectivity index (χ1v) is 8.45. The van der Waals surface area contributed by atoms with E-state index in [9.17, 15) is 9.90 Å². The van der Waals surface area contributed by atoms with E-state index >= 15 is 0 Å². The number of ether oxygens (including phenoxy) is 2. The number of para-hydroxylation sites is 1. The third kappa shape index (κ3) is 3.52. The molecule has 1 unspecified atom stereocenters. The Kier molecular flexibility index (Phi) is 4.64. The van der Waals surface area contributed by atoms with Crippen molar-refractivity contribution in [2.75, 3.05) is 7.11 Å². The topological polar surface area (TPSA) is 67.8 Å². The lowest BCUT2D eigenvalue weighted by atomic mass is 9.90. The van der Waals surface area contributed by atoms with E-state index in [-0.39, 0.29) is 17.1 Å². The van der Waals surface area contributed by atoms with E-state index in [1.807, 2.05) is 26.8 Å². The van der Waals surface area contributed by atoms with Crippen LogP contribution in [0.25, 0.3) is 0 Å². The predicted octanol–water partition coefficient (Wildman–Crippen LogP) is 3.99. The number of nitrogens with one attached hydrogen (secondary N) is 1. The Morgan fingerprint density at radius 1 is 1.19 bits per heavy atom. The minimum Gasteiger partial charge on any atom is -0.508 e. The molecule has 2 N–H and O–H groups in total. The number of hydrogen-bond acceptors (Lipinski definition) is 5. The van der Waals surface area contributed by atoms with Gasteiger partial charge in [0.1, 0.15) is 17.2 Å². The van der Waals surface area contributed by atoms with Gasteiger partial charge in [-0.05, 0) is 51.1 Å². The summed E-state index contributed by atoms with van der Waals surface area (Å²) < 4.78 is 11.4. The maximum atomic E-state index is 13.1. The zero-order chi connectivity index (χ0) is 18.9. The number of carbonyl (C=O) groups excluding carboxylic acids is 1. The maximum Gasteiger partial charge on any atom is 0.198 e. The summed E-state index contributed by atoms with van der Waals surface area (Å²) in [6.45, 7) is 6.01. The van der Waals surface area contributed by atoms with Gasteiger partial charge in [0.2, 0.25) is 0 Å². The van der Waals surface area contributed by atoms with Gasteiger partial charge < -0.3 is 19.9 Å². The maximum absolute atomic E-state index is 13.1. The lowest BCUT2D eigenvalue weighted by Gasteiger charge is -2.30. The average molecular weight is 353 g/mol. The Morgan fingerprint density at radius 3 is 2.62 bits per heavy atom. The highest BCUT2D eigenvalue weighted by Crippen LogP contribution is 2.41. The first-order chi connectivity index (χ1) is 12.3.